The minimum Gasteiger partial charge on any atom is -0.496 e. The maximum Gasteiger partial charge on any atom is 0.471 e. The van der Waals surface area contributed by atoms with Crippen molar-refractivity contribution in [1.29, 1.82) is 0 Å². The van der Waals surface area contributed by atoms with E-state index in [4.69, 9.17) is 14.2 Å². The van der Waals surface area contributed by atoms with E-state index in [0.717, 1.165) is 23.7 Å². The molecule has 1 aromatic rings. The number of anilines is 1. The van der Waals surface area contributed by atoms with Crippen LogP contribution in [0.2, 0.25) is 0 Å². The number of nitrogens with zero attached hydrogens (tertiary/aromatic N) is 1. The molecule has 2 aliphatic rings. The van der Waals surface area contributed by atoms with Crippen molar-refractivity contribution in [3.63, 3.8) is 0 Å². The lowest BCUT2D eigenvalue weighted by molar-refractivity contribution is -0.167. The van der Waals surface area contributed by atoms with Gasteiger partial charge in [0.1, 0.15) is 19.0 Å². The van der Waals surface area contributed by atoms with Gasteiger partial charge in [-0.05, 0) is 32.3 Å². The number of allylic oxidation sites excluding steroid dienone is 2. The summed E-state index contributed by atoms with van der Waals surface area (Å²) in [5, 5.41) is 1.85. The first-order chi connectivity index (χ1) is 17.0. The predicted octanol–water partition coefficient (Wildman–Crippen LogP) is 3.99. The third kappa shape index (κ3) is 6.73. The van der Waals surface area contributed by atoms with Gasteiger partial charge in [0, 0.05) is 42.3 Å². The summed E-state index contributed by atoms with van der Waals surface area (Å²) in [5.41, 5.74) is 1.54. The molecule has 1 saturated heterocycles. The predicted molar refractivity (Wildman–Crippen MR) is 128 cm³/mol. The zero-order valence-electron chi connectivity index (χ0n) is 20.4. The van der Waals surface area contributed by atoms with Gasteiger partial charge in [-0.2, -0.15) is 13.2 Å². The lowest BCUT2D eigenvalue weighted by Crippen LogP contribution is -2.31. The van der Waals surface area contributed by atoms with Gasteiger partial charge in [-0.25, -0.2) is 4.79 Å². The van der Waals surface area contributed by atoms with E-state index >= 15 is 0 Å². The van der Waals surface area contributed by atoms with E-state index in [1.807, 2.05) is 17.1 Å². The Bertz CT molecular complexity index is 1050. The van der Waals surface area contributed by atoms with Gasteiger partial charge in [0.2, 0.25) is 0 Å². The second-order valence-electron chi connectivity index (χ2n) is 8.52. The Morgan fingerprint density at radius 3 is 2.67 bits per heavy atom. The van der Waals surface area contributed by atoms with Gasteiger partial charge in [0.15, 0.2) is 0 Å². The molecule has 0 aromatic heterocycles. The molecule has 0 bridgehead atoms. The standard InChI is InChI=1S/C24H29F3N2O6S/c1-14(5-7-18(30)34-10-8-29-9-11-36-13-29)4-6-16-20(28-23(32)24(25,26)27)19-17(12-35-22(19)31)15(2)21(16)33-3/h4H,5-13H2,1-3H3,(H,28,32)/b14-4+. The molecule has 12 heteroatoms. The number of amides is 1. The number of esters is 2. The summed E-state index contributed by atoms with van der Waals surface area (Å²) in [5.74, 6) is -1.07. The van der Waals surface area contributed by atoms with E-state index in [2.05, 4.69) is 4.90 Å². The molecule has 0 aliphatic carbocycles. The fourth-order valence-corrected chi connectivity index (χ4v) is 5.07. The molecule has 1 fully saturated rings. The first-order valence-electron chi connectivity index (χ1n) is 11.4. The summed E-state index contributed by atoms with van der Waals surface area (Å²) < 4.78 is 54.8. The number of alkyl halides is 3. The first kappa shape index (κ1) is 27.9. The lowest BCUT2D eigenvalue weighted by Gasteiger charge is -2.20. The number of halogens is 3. The Hall–Kier alpha value is -2.73. The van der Waals surface area contributed by atoms with E-state index in [1.54, 1.807) is 19.9 Å². The van der Waals surface area contributed by atoms with Crippen LogP contribution in [0.5, 0.6) is 5.75 Å². The van der Waals surface area contributed by atoms with Crippen molar-refractivity contribution in [3.8, 4) is 5.75 Å². The van der Waals surface area contributed by atoms with Crippen molar-refractivity contribution in [2.45, 2.75) is 45.9 Å². The summed E-state index contributed by atoms with van der Waals surface area (Å²) in [7, 11) is 1.36. The molecule has 36 heavy (non-hydrogen) atoms. The third-order valence-corrected chi connectivity index (χ3v) is 7.07. The molecule has 2 aliphatic heterocycles. The second-order valence-corrected chi connectivity index (χ2v) is 9.60. The van der Waals surface area contributed by atoms with Crippen LogP contribution >= 0.6 is 11.8 Å². The Morgan fingerprint density at radius 2 is 2.03 bits per heavy atom. The molecule has 1 aromatic carbocycles. The zero-order chi connectivity index (χ0) is 26.5. The van der Waals surface area contributed by atoms with Gasteiger partial charge in [-0.1, -0.05) is 11.6 Å². The number of carbonyl (C=O) groups excluding carboxylic acids is 3. The first-order valence-corrected chi connectivity index (χ1v) is 12.6. The van der Waals surface area contributed by atoms with E-state index < -0.39 is 18.1 Å². The quantitative estimate of drug-likeness (QED) is 0.359. The second kappa shape index (κ2) is 12.0. The van der Waals surface area contributed by atoms with Gasteiger partial charge in [-0.3, -0.25) is 14.5 Å². The maximum atomic E-state index is 13.0. The number of methoxy groups -OCH3 is 1. The monoisotopic (exact) mass is 530 g/mol. The molecule has 0 unspecified atom stereocenters. The summed E-state index contributed by atoms with van der Waals surface area (Å²) in [4.78, 5) is 38.4. The van der Waals surface area contributed by atoms with Crippen molar-refractivity contribution in [2.75, 3.05) is 43.8 Å². The number of thioether (sulfide) groups is 1. The van der Waals surface area contributed by atoms with Crippen LogP contribution < -0.4 is 10.1 Å². The van der Waals surface area contributed by atoms with Gasteiger partial charge < -0.3 is 19.5 Å². The molecule has 1 N–H and O–H groups in total. The molecule has 0 atom stereocenters. The fourth-order valence-electron chi connectivity index (χ4n) is 4.04. The average Bonchev–Trinajstić information content (AvgIpc) is 3.47. The smallest absolute Gasteiger partial charge is 0.471 e. The molecule has 2 heterocycles. The minimum atomic E-state index is -5.15. The third-order valence-electron chi connectivity index (χ3n) is 6.05. The maximum absolute atomic E-state index is 13.0. The van der Waals surface area contributed by atoms with E-state index in [1.165, 1.54) is 7.11 Å². The summed E-state index contributed by atoms with van der Waals surface area (Å²) in [6.07, 6.45) is -2.82. The molecule has 1 amide bonds. The van der Waals surface area contributed by atoms with Gasteiger partial charge >= 0.3 is 24.0 Å². The molecule has 198 valence electrons. The van der Waals surface area contributed by atoms with Crippen molar-refractivity contribution < 1.29 is 41.8 Å². The van der Waals surface area contributed by atoms with Gasteiger partial charge in [-0.15, -0.1) is 11.8 Å². The molecule has 0 radical (unpaired) electrons. The van der Waals surface area contributed by atoms with Crippen molar-refractivity contribution in [1.82, 2.24) is 4.90 Å². The summed E-state index contributed by atoms with van der Waals surface area (Å²) in [6, 6.07) is 0. The number of cyclic esters (lactones) is 1. The number of hydrogen-bond acceptors (Lipinski definition) is 8. The number of nitrogens with one attached hydrogen (secondary N) is 1. The van der Waals surface area contributed by atoms with Crippen LogP contribution in [0.25, 0.3) is 0 Å². The van der Waals surface area contributed by atoms with E-state index in [0.29, 0.717) is 30.7 Å². The van der Waals surface area contributed by atoms with Crippen molar-refractivity contribution >= 4 is 35.3 Å². The van der Waals surface area contributed by atoms with Crippen LogP contribution in [0.3, 0.4) is 0 Å². The molecular formula is C24H29F3N2O6S. The Labute approximate surface area is 211 Å². The van der Waals surface area contributed by atoms with Gasteiger partial charge in [0.25, 0.3) is 0 Å². The van der Waals surface area contributed by atoms with Gasteiger partial charge in [0.05, 0.1) is 18.4 Å². The van der Waals surface area contributed by atoms with Crippen LogP contribution in [0.4, 0.5) is 18.9 Å². The highest BCUT2D eigenvalue weighted by Gasteiger charge is 2.41. The van der Waals surface area contributed by atoms with Crippen LogP contribution in [0.1, 0.15) is 46.8 Å². The van der Waals surface area contributed by atoms with Crippen LogP contribution in [-0.2, 0) is 32.1 Å². The summed E-state index contributed by atoms with van der Waals surface area (Å²) >= 11 is 1.84. The highest BCUT2D eigenvalue weighted by Crippen LogP contribution is 2.42. The highest BCUT2D eigenvalue weighted by molar-refractivity contribution is 7.99. The average molecular weight is 531 g/mol. The van der Waals surface area contributed by atoms with Crippen molar-refractivity contribution in [2.24, 2.45) is 0 Å². The molecule has 0 spiro atoms. The number of carbonyl (C=O) groups is 3. The van der Waals surface area contributed by atoms with Crippen LogP contribution in [0.15, 0.2) is 11.6 Å². The molecular weight excluding hydrogens is 501 g/mol. The summed E-state index contributed by atoms with van der Waals surface area (Å²) in [6.45, 7) is 5.33. The molecule has 3 rings (SSSR count). The topological polar surface area (TPSA) is 94.2 Å². The normalized spacial score (nSPS) is 16.1. The largest absolute Gasteiger partial charge is 0.496 e. The van der Waals surface area contributed by atoms with Crippen LogP contribution in [-0.4, -0.2) is 67.4 Å². The number of ether oxygens (including phenoxy) is 3. The fraction of sp³-hybridized carbons (Fsp3) is 0.542. The van der Waals surface area contributed by atoms with E-state index in [9.17, 15) is 27.6 Å². The SMILES string of the molecule is COc1c(C)c2c(c(NC(=O)C(F)(F)F)c1C/C=C(\C)CCC(=O)OCCN1CCSC1)C(=O)OC2. The zero-order valence-corrected chi connectivity index (χ0v) is 21.2. The number of fused-ring (bicyclic) bond motifs is 1. The Kier molecular flexibility index (Phi) is 9.29. The number of hydrogen-bond donors (Lipinski definition) is 1. The Balaban J connectivity index is 1.74. The number of rotatable bonds is 10. The molecule has 8 nitrogen and oxygen atoms in total. The highest BCUT2D eigenvalue weighted by atomic mass is 32.2. The Morgan fingerprint density at radius 1 is 1.28 bits per heavy atom. The molecule has 0 saturated carbocycles. The van der Waals surface area contributed by atoms with Crippen LogP contribution in [0, 0.1) is 6.92 Å². The number of benzene rings is 1. The van der Waals surface area contributed by atoms with Crippen molar-refractivity contribution in [3.05, 3.63) is 33.9 Å². The minimum absolute atomic E-state index is 0.0611. The van der Waals surface area contributed by atoms with E-state index in [-0.39, 0.29) is 48.0 Å². The lowest BCUT2D eigenvalue weighted by atomic mass is 9.93.